The van der Waals surface area contributed by atoms with Crippen LogP contribution in [-0.4, -0.2) is 30.6 Å². The fraction of sp³-hybridized carbons (Fsp3) is 0.357. The number of ether oxygens (including phenoxy) is 2. The number of hydrogen-bond donors (Lipinski definition) is 1. The van der Waals surface area contributed by atoms with E-state index in [1.165, 1.54) is 5.56 Å². The molecule has 1 aliphatic rings. The van der Waals surface area contributed by atoms with Crippen LogP contribution in [-0.2, 0) is 19.7 Å². The van der Waals surface area contributed by atoms with Gasteiger partial charge in [-0.25, -0.2) is 0 Å². The van der Waals surface area contributed by atoms with Gasteiger partial charge in [-0.05, 0) is 73.8 Å². The summed E-state index contributed by atoms with van der Waals surface area (Å²) < 4.78 is 11.9. The van der Waals surface area contributed by atoms with Gasteiger partial charge in [0.25, 0.3) is 0 Å². The van der Waals surface area contributed by atoms with E-state index in [0.29, 0.717) is 40.8 Å². The van der Waals surface area contributed by atoms with Gasteiger partial charge >= 0.3 is 0 Å². The highest BCUT2D eigenvalue weighted by Gasteiger charge is 2.19. The fourth-order valence-corrected chi connectivity index (χ4v) is 4.68. The predicted octanol–water partition coefficient (Wildman–Crippen LogP) is 6.73. The number of nitrogens with zero attached hydrogens (tertiary/aromatic N) is 1. The third kappa shape index (κ3) is 7.13. The Morgan fingerprint density at radius 2 is 1.62 bits per heavy atom. The van der Waals surface area contributed by atoms with Gasteiger partial charge in [-0.1, -0.05) is 65.7 Å². The summed E-state index contributed by atoms with van der Waals surface area (Å²) in [6.07, 6.45) is 2.28. The number of piperidine rings is 1. The van der Waals surface area contributed by atoms with Crippen molar-refractivity contribution in [1.82, 2.24) is 10.2 Å². The Labute approximate surface area is 212 Å². The quantitative estimate of drug-likeness (QED) is 0.336. The topological polar surface area (TPSA) is 33.7 Å². The molecule has 180 valence electrons. The van der Waals surface area contributed by atoms with E-state index in [4.69, 9.17) is 32.7 Å². The molecule has 0 spiro atoms. The third-order valence-corrected chi connectivity index (χ3v) is 6.63. The summed E-state index contributed by atoms with van der Waals surface area (Å²) in [7, 11) is 0. The lowest BCUT2D eigenvalue weighted by molar-refractivity contribution is 0.190. The standard InChI is InChI=1S/C28H32Cl2N2O2/c1-2-33-27-17-23(16-26(30)28(27)34-20-22-8-10-24(29)11-9-22)18-31-25-12-14-32(15-13-25)19-21-6-4-3-5-7-21/h3-11,16-17,25,31H,2,12-15,18-20H2,1H3. The normalized spacial score (nSPS) is 14.8. The summed E-state index contributed by atoms with van der Waals surface area (Å²) in [4.78, 5) is 2.53. The van der Waals surface area contributed by atoms with E-state index in [0.717, 1.165) is 50.1 Å². The maximum Gasteiger partial charge on any atom is 0.180 e. The first-order chi connectivity index (χ1) is 16.6. The van der Waals surface area contributed by atoms with Crippen LogP contribution in [0.25, 0.3) is 0 Å². The molecule has 0 saturated carbocycles. The molecule has 34 heavy (non-hydrogen) atoms. The Morgan fingerprint density at radius 3 is 2.32 bits per heavy atom. The molecule has 1 saturated heterocycles. The summed E-state index contributed by atoms with van der Waals surface area (Å²) in [6.45, 7) is 6.90. The van der Waals surface area contributed by atoms with E-state index in [1.807, 2.05) is 43.3 Å². The summed E-state index contributed by atoms with van der Waals surface area (Å²) >= 11 is 12.6. The van der Waals surface area contributed by atoms with Crippen molar-refractivity contribution in [3.8, 4) is 11.5 Å². The minimum atomic E-state index is 0.399. The molecular weight excluding hydrogens is 467 g/mol. The van der Waals surface area contributed by atoms with Crippen LogP contribution in [0.5, 0.6) is 11.5 Å². The monoisotopic (exact) mass is 498 g/mol. The Balaban J connectivity index is 1.31. The van der Waals surface area contributed by atoms with Gasteiger partial charge in [0.15, 0.2) is 11.5 Å². The smallest absolute Gasteiger partial charge is 0.180 e. The molecule has 0 aromatic heterocycles. The second-order valence-corrected chi connectivity index (χ2v) is 9.51. The van der Waals surface area contributed by atoms with Crippen molar-refractivity contribution in [1.29, 1.82) is 0 Å². The molecule has 1 N–H and O–H groups in total. The predicted molar refractivity (Wildman–Crippen MR) is 140 cm³/mol. The second-order valence-electron chi connectivity index (χ2n) is 8.67. The number of halogens is 2. The SMILES string of the molecule is CCOc1cc(CNC2CCN(Cc3ccccc3)CC2)cc(Cl)c1OCc1ccc(Cl)cc1. The molecule has 3 aromatic rings. The van der Waals surface area contributed by atoms with Gasteiger partial charge in [-0.2, -0.15) is 0 Å². The first kappa shape index (κ1) is 24.9. The Morgan fingerprint density at radius 1 is 0.882 bits per heavy atom. The van der Waals surface area contributed by atoms with Crippen LogP contribution >= 0.6 is 23.2 Å². The Kier molecular flexibility index (Phi) is 9.11. The minimum Gasteiger partial charge on any atom is -0.490 e. The molecule has 1 fully saturated rings. The van der Waals surface area contributed by atoms with Crippen molar-refractivity contribution in [3.05, 3.63) is 93.5 Å². The zero-order valence-electron chi connectivity index (χ0n) is 19.6. The van der Waals surface area contributed by atoms with Gasteiger partial charge in [-0.15, -0.1) is 0 Å². The maximum atomic E-state index is 6.62. The van der Waals surface area contributed by atoms with Crippen molar-refractivity contribution < 1.29 is 9.47 Å². The van der Waals surface area contributed by atoms with Crippen LogP contribution in [0.3, 0.4) is 0 Å². The van der Waals surface area contributed by atoms with E-state index in [1.54, 1.807) is 0 Å². The minimum absolute atomic E-state index is 0.399. The van der Waals surface area contributed by atoms with Gasteiger partial charge < -0.3 is 14.8 Å². The van der Waals surface area contributed by atoms with Crippen LogP contribution in [0, 0.1) is 0 Å². The number of benzene rings is 3. The number of rotatable bonds is 10. The molecule has 0 aliphatic carbocycles. The zero-order valence-corrected chi connectivity index (χ0v) is 21.1. The van der Waals surface area contributed by atoms with Gasteiger partial charge in [0.2, 0.25) is 0 Å². The average Bonchev–Trinajstić information content (AvgIpc) is 2.85. The van der Waals surface area contributed by atoms with Gasteiger partial charge in [0, 0.05) is 24.2 Å². The van der Waals surface area contributed by atoms with E-state index in [-0.39, 0.29) is 0 Å². The lowest BCUT2D eigenvalue weighted by Gasteiger charge is -2.32. The molecular formula is C28H32Cl2N2O2. The molecule has 4 nitrogen and oxygen atoms in total. The second kappa shape index (κ2) is 12.5. The highest BCUT2D eigenvalue weighted by molar-refractivity contribution is 6.32. The molecule has 3 aromatic carbocycles. The lowest BCUT2D eigenvalue weighted by atomic mass is 10.0. The van der Waals surface area contributed by atoms with Crippen LogP contribution in [0.1, 0.15) is 36.5 Å². The van der Waals surface area contributed by atoms with Crippen molar-refractivity contribution >= 4 is 23.2 Å². The number of hydrogen-bond acceptors (Lipinski definition) is 4. The molecule has 1 aliphatic heterocycles. The van der Waals surface area contributed by atoms with Gasteiger partial charge in [0.1, 0.15) is 6.61 Å². The van der Waals surface area contributed by atoms with Crippen LogP contribution in [0.4, 0.5) is 0 Å². The number of likely N-dealkylation sites (tertiary alicyclic amines) is 1. The molecule has 0 radical (unpaired) electrons. The summed E-state index contributed by atoms with van der Waals surface area (Å²) in [5.74, 6) is 1.26. The van der Waals surface area contributed by atoms with E-state index < -0.39 is 0 Å². The Hall–Kier alpha value is -2.24. The van der Waals surface area contributed by atoms with Crippen LogP contribution in [0.2, 0.25) is 10.0 Å². The first-order valence-electron chi connectivity index (χ1n) is 11.9. The lowest BCUT2D eigenvalue weighted by Crippen LogP contribution is -2.41. The summed E-state index contributed by atoms with van der Waals surface area (Å²) in [5.41, 5.74) is 3.50. The largest absolute Gasteiger partial charge is 0.490 e. The molecule has 0 unspecified atom stereocenters. The van der Waals surface area contributed by atoms with Crippen LogP contribution in [0.15, 0.2) is 66.7 Å². The van der Waals surface area contributed by atoms with Crippen molar-refractivity contribution in [2.45, 2.75) is 45.5 Å². The van der Waals surface area contributed by atoms with Gasteiger partial charge in [0.05, 0.1) is 11.6 Å². The summed E-state index contributed by atoms with van der Waals surface area (Å²) in [6, 6.07) is 22.8. The van der Waals surface area contributed by atoms with Crippen molar-refractivity contribution in [2.24, 2.45) is 0 Å². The molecule has 0 atom stereocenters. The Bertz CT molecular complexity index is 1040. The first-order valence-corrected chi connectivity index (χ1v) is 12.7. The third-order valence-electron chi connectivity index (χ3n) is 6.10. The molecule has 6 heteroatoms. The van der Waals surface area contributed by atoms with Gasteiger partial charge in [-0.3, -0.25) is 4.90 Å². The fourth-order valence-electron chi connectivity index (χ4n) is 4.26. The molecule has 1 heterocycles. The van der Waals surface area contributed by atoms with E-state index in [9.17, 15) is 0 Å². The van der Waals surface area contributed by atoms with Crippen LogP contribution < -0.4 is 14.8 Å². The molecule has 0 bridgehead atoms. The molecule has 4 rings (SSSR count). The highest BCUT2D eigenvalue weighted by Crippen LogP contribution is 2.37. The number of nitrogens with one attached hydrogen (secondary N) is 1. The zero-order chi connectivity index (χ0) is 23.8. The van der Waals surface area contributed by atoms with E-state index in [2.05, 4.69) is 40.5 Å². The maximum absolute atomic E-state index is 6.62. The summed E-state index contributed by atoms with van der Waals surface area (Å²) in [5, 5.41) is 4.98. The molecule has 0 amide bonds. The van der Waals surface area contributed by atoms with Crippen molar-refractivity contribution in [2.75, 3.05) is 19.7 Å². The average molecular weight is 499 g/mol. The van der Waals surface area contributed by atoms with Crippen molar-refractivity contribution in [3.63, 3.8) is 0 Å². The van der Waals surface area contributed by atoms with E-state index >= 15 is 0 Å². The highest BCUT2D eigenvalue weighted by atomic mass is 35.5.